The number of ether oxygens (including phenoxy) is 1. The van der Waals surface area contributed by atoms with Gasteiger partial charge in [0.15, 0.2) is 6.10 Å². The third-order valence-electron chi connectivity index (χ3n) is 2.29. The lowest BCUT2D eigenvalue weighted by Crippen LogP contribution is -2.33. The third-order valence-corrected chi connectivity index (χ3v) is 2.50. The van der Waals surface area contributed by atoms with E-state index in [2.05, 4.69) is 18.2 Å². The van der Waals surface area contributed by atoms with Crippen LogP contribution in [-0.2, 0) is 9.53 Å². The van der Waals surface area contributed by atoms with Crippen LogP contribution in [0.5, 0.6) is 0 Å². The van der Waals surface area contributed by atoms with Crippen molar-refractivity contribution in [3.63, 3.8) is 0 Å². The summed E-state index contributed by atoms with van der Waals surface area (Å²) < 4.78 is 44.2. The van der Waals surface area contributed by atoms with Crippen LogP contribution in [0.1, 0.15) is 18.6 Å². The quantitative estimate of drug-likeness (QED) is 0.465. The molecule has 1 rings (SSSR count). The molecule has 2 unspecified atom stereocenters. The van der Waals surface area contributed by atoms with Crippen LogP contribution in [0.15, 0.2) is 42.5 Å². The average Bonchev–Trinajstić information content (AvgIpc) is 2.34. The van der Waals surface area contributed by atoms with Gasteiger partial charge in [-0.05, 0) is 24.1 Å². The number of benzene rings is 1. The van der Waals surface area contributed by atoms with Crippen molar-refractivity contribution in [3.05, 3.63) is 48.0 Å². The summed E-state index contributed by atoms with van der Waals surface area (Å²) in [5.41, 5.74) is 0.0657. The van der Waals surface area contributed by atoms with Crippen molar-refractivity contribution in [1.82, 2.24) is 0 Å². The summed E-state index contributed by atoms with van der Waals surface area (Å²) in [6.45, 7) is 4.64. The number of carbonyl (C=O) groups excluding carboxylic acids is 1. The standard InChI is InChI=1S/C13H12ClF3O2/c1-8(2)12(18)19-10(11(15)13(14,16)17)9-6-4-3-5-7-9/h3-7,10-11H,1H2,2H3. The Morgan fingerprint density at radius 2 is 1.89 bits per heavy atom. The first kappa shape index (κ1) is 15.6. The molecule has 0 heterocycles. The number of alkyl halides is 4. The summed E-state index contributed by atoms with van der Waals surface area (Å²) in [6.07, 6.45) is -4.65. The van der Waals surface area contributed by atoms with Gasteiger partial charge in [-0.15, -0.1) is 0 Å². The van der Waals surface area contributed by atoms with E-state index in [1.54, 1.807) is 6.07 Å². The second-order valence-corrected chi connectivity index (χ2v) is 4.46. The van der Waals surface area contributed by atoms with Crippen molar-refractivity contribution in [2.75, 3.05) is 0 Å². The molecule has 2 nitrogen and oxygen atoms in total. The SMILES string of the molecule is C=C(C)C(=O)OC(c1ccccc1)C(F)C(F)(F)Cl. The van der Waals surface area contributed by atoms with E-state index in [4.69, 9.17) is 4.74 Å². The molecular formula is C13H12ClF3O2. The van der Waals surface area contributed by atoms with Gasteiger partial charge in [0.25, 0.3) is 0 Å². The summed E-state index contributed by atoms with van der Waals surface area (Å²) in [5, 5.41) is -4.14. The molecule has 0 aliphatic carbocycles. The van der Waals surface area contributed by atoms with E-state index in [0.29, 0.717) is 0 Å². The second kappa shape index (κ2) is 6.10. The van der Waals surface area contributed by atoms with E-state index in [1.165, 1.54) is 31.2 Å². The molecule has 1 aromatic carbocycles. The minimum absolute atomic E-state index is 0.0222. The van der Waals surface area contributed by atoms with E-state index >= 15 is 0 Å². The highest BCUT2D eigenvalue weighted by Gasteiger charge is 2.46. The lowest BCUT2D eigenvalue weighted by atomic mass is 10.1. The van der Waals surface area contributed by atoms with Crippen LogP contribution in [-0.4, -0.2) is 17.5 Å². The maximum Gasteiger partial charge on any atom is 0.356 e. The van der Waals surface area contributed by atoms with Gasteiger partial charge in [-0.3, -0.25) is 0 Å². The van der Waals surface area contributed by atoms with Crippen molar-refractivity contribution in [2.24, 2.45) is 0 Å². The van der Waals surface area contributed by atoms with E-state index in [0.717, 1.165) is 0 Å². The monoisotopic (exact) mass is 292 g/mol. The molecule has 0 fully saturated rings. The largest absolute Gasteiger partial charge is 0.451 e. The molecule has 2 atom stereocenters. The fourth-order valence-electron chi connectivity index (χ4n) is 1.33. The minimum atomic E-state index is -4.14. The van der Waals surface area contributed by atoms with Crippen molar-refractivity contribution in [1.29, 1.82) is 0 Å². The molecule has 1 aromatic rings. The first-order valence-corrected chi connectivity index (χ1v) is 5.73. The van der Waals surface area contributed by atoms with E-state index < -0.39 is 23.6 Å². The van der Waals surface area contributed by atoms with Crippen LogP contribution in [0, 0.1) is 0 Å². The first-order valence-electron chi connectivity index (χ1n) is 5.35. The molecule has 6 heteroatoms. The Kier molecular flexibility index (Phi) is 5.00. The van der Waals surface area contributed by atoms with Gasteiger partial charge in [0.05, 0.1) is 0 Å². The Bertz CT molecular complexity index is 457. The molecule has 0 saturated carbocycles. The lowest BCUT2D eigenvalue weighted by molar-refractivity contribution is -0.154. The number of hydrogen-bond acceptors (Lipinski definition) is 2. The highest BCUT2D eigenvalue weighted by Crippen LogP contribution is 2.37. The molecule has 104 valence electrons. The van der Waals surface area contributed by atoms with Gasteiger partial charge in [0.1, 0.15) is 0 Å². The maximum atomic E-state index is 13.7. The molecule has 0 aliphatic heterocycles. The smallest absolute Gasteiger partial charge is 0.356 e. The van der Waals surface area contributed by atoms with Crippen LogP contribution < -0.4 is 0 Å². The van der Waals surface area contributed by atoms with Crippen LogP contribution in [0.2, 0.25) is 0 Å². The Morgan fingerprint density at radius 1 is 1.37 bits per heavy atom. The second-order valence-electron chi connectivity index (χ2n) is 3.96. The molecule has 0 amide bonds. The average molecular weight is 293 g/mol. The van der Waals surface area contributed by atoms with Crippen LogP contribution in [0.4, 0.5) is 13.2 Å². The number of carbonyl (C=O) groups is 1. The molecule has 0 aliphatic rings. The van der Waals surface area contributed by atoms with Gasteiger partial charge in [0, 0.05) is 5.57 Å². The Labute approximate surface area is 113 Å². The Hall–Kier alpha value is -1.49. The first-order chi connectivity index (χ1) is 8.73. The van der Waals surface area contributed by atoms with Crippen molar-refractivity contribution < 1.29 is 22.7 Å². The van der Waals surface area contributed by atoms with Gasteiger partial charge < -0.3 is 4.74 Å². The van der Waals surface area contributed by atoms with E-state index in [-0.39, 0.29) is 11.1 Å². The predicted octanol–water partition coefficient (Wildman–Crippen LogP) is 4.02. The summed E-state index contributed by atoms with van der Waals surface area (Å²) in [6, 6.07) is 7.37. The van der Waals surface area contributed by atoms with Crippen LogP contribution in [0.3, 0.4) is 0 Å². The van der Waals surface area contributed by atoms with E-state index in [1.807, 2.05) is 0 Å². The van der Waals surface area contributed by atoms with Crippen LogP contribution in [0.25, 0.3) is 0 Å². The molecule has 0 radical (unpaired) electrons. The highest BCUT2D eigenvalue weighted by atomic mass is 35.5. The molecule has 19 heavy (non-hydrogen) atoms. The summed E-state index contributed by atoms with van der Waals surface area (Å²) in [5.74, 6) is -0.961. The zero-order valence-electron chi connectivity index (χ0n) is 10.1. The fraction of sp³-hybridized carbons (Fsp3) is 0.308. The van der Waals surface area contributed by atoms with Crippen molar-refractivity contribution in [3.8, 4) is 0 Å². The summed E-state index contributed by atoms with van der Waals surface area (Å²) in [4.78, 5) is 11.4. The van der Waals surface area contributed by atoms with Crippen LogP contribution >= 0.6 is 11.6 Å². The van der Waals surface area contributed by atoms with Gasteiger partial charge in [0.2, 0.25) is 6.17 Å². The molecule has 0 bridgehead atoms. The molecule has 0 aromatic heterocycles. The van der Waals surface area contributed by atoms with Gasteiger partial charge in [-0.25, -0.2) is 9.18 Å². The third kappa shape index (κ3) is 4.28. The highest BCUT2D eigenvalue weighted by molar-refractivity contribution is 6.22. The minimum Gasteiger partial charge on any atom is -0.451 e. The zero-order chi connectivity index (χ0) is 14.6. The Morgan fingerprint density at radius 3 is 2.32 bits per heavy atom. The molecule has 0 N–H and O–H groups in total. The van der Waals surface area contributed by atoms with Crippen molar-refractivity contribution >= 4 is 17.6 Å². The lowest BCUT2D eigenvalue weighted by Gasteiger charge is -2.24. The summed E-state index contributed by atoms with van der Waals surface area (Å²) in [7, 11) is 0. The number of rotatable bonds is 5. The van der Waals surface area contributed by atoms with E-state index in [9.17, 15) is 18.0 Å². The predicted molar refractivity (Wildman–Crippen MR) is 65.8 cm³/mol. The number of halogens is 4. The van der Waals surface area contributed by atoms with Crippen molar-refractivity contribution in [2.45, 2.75) is 24.6 Å². The maximum absolute atomic E-state index is 13.7. The normalized spacial score (nSPS) is 14.6. The van der Waals surface area contributed by atoms with Gasteiger partial charge in [-0.1, -0.05) is 36.9 Å². The zero-order valence-corrected chi connectivity index (χ0v) is 10.8. The Balaban J connectivity index is 3.05. The number of esters is 1. The molecule has 0 saturated heterocycles. The summed E-state index contributed by atoms with van der Waals surface area (Å²) >= 11 is 4.67. The van der Waals surface area contributed by atoms with Gasteiger partial charge in [-0.2, -0.15) is 8.78 Å². The van der Waals surface area contributed by atoms with Gasteiger partial charge >= 0.3 is 11.4 Å². The fourth-order valence-corrected chi connectivity index (χ4v) is 1.44. The molecule has 0 spiro atoms. The topological polar surface area (TPSA) is 26.3 Å². The molecular weight excluding hydrogens is 281 g/mol. The number of hydrogen-bond donors (Lipinski definition) is 0.